The summed E-state index contributed by atoms with van der Waals surface area (Å²) in [5, 5.41) is 9.11. The number of benzene rings is 1. The Balaban J connectivity index is 1.84. The molecular formula is C14H19NO4. The van der Waals surface area contributed by atoms with Crippen molar-refractivity contribution in [2.45, 2.75) is 13.0 Å². The molecule has 2 rings (SSSR count). The van der Waals surface area contributed by atoms with E-state index in [9.17, 15) is 4.79 Å². The standard InChI is InChI=1S/C14H19NO4/c1-11-4-2-3-5-13(11)19-9-7-15-6-8-18-10-12(15)14(16)17/h2-5,12H,6-10H2,1H3,(H,16,17). The van der Waals surface area contributed by atoms with E-state index in [0.29, 0.717) is 26.3 Å². The first-order chi connectivity index (χ1) is 9.18. The second kappa shape index (κ2) is 6.54. The summed E-state index contributed by atoms with van der Waals surface area (Å²) in [6.07, 6.45) is 0. The number of hydrogen-bond acceptors (Lipinski definition) is 4. The zero-order chi connectivity index (χ0) is 13.7. The summed E-state index contributed by atoms with van der Waals surface area (Å²) in [4.78, 5) is 13.0. The minimum absolute atomic E-state index is 0.250. The molecule has 1 aromatic carbocycles. The monoisotopic (exact) mass is 265 g/mol. The second-order valence-electron chi connectivity index (χ2n) is 4.58. The number of aliphatic carboxylic acids is 1. The number of aryl methyl sites for hydroxylation is 1. The first kappa shape index (κ1) is 13.8. The van der Waals surface area contributed by atoms with Crippen molar-refractivity contribution < 1.29 is 19.4 Å². The minimum atomic E-state index is -0.837. The van der Waals surface area contributed by atoms with E-state index in [1.165, 1.54) is 0 Å². The highest BCUT2D eigenvalue weighted by molar-refractivity contribution is 5.73. The van der Waals surface area contributed by atoms with E-state index in [-0.39, 0.29) is 6.61 Å². The van der Waals surface area contributed by atoms with E-state index >= 15 is 0 Å². The Bertz CT molecular complexity index is 435. The Hall–Kier alpha value is -1.59. The first-order valence-electron chi connectivity index (χ1n) is 6.41. The molecule has 1 N–H and O–H groups in total. The van der Waals surface area contributed by atoms with Gasteiger partial charge in [-0.25, -0.2) is 0 Å². The fraction of sp³-hybridized carbons (Fsp3) is 0.500. The van der Waals surface area contributed by atoms with Crippen LogP contribution in [0.5, 0.6) is 5.75 Å². The molecule has 1 aromatic rings. The predicted octanol–water partition coefficient (Wildman–Crippen LogP) is 1.16. The highest BCUT2D eigenvalue weighted by atomic mass is 16.5. The maximum absolute atomic E-state index is 11.1. The molecule has 1 saturated heterocycles. The van der Waals surface area contributed by atoms with Crippen molar-refractivity contribution >= 4 is 5.97 Å². The van der Waals surface area contributed by atoms with Crippen LogP contribution in [-0.2, 0) is 9.53 Å². The predicted molar refractivity (Wildman–Crippen MR) is 70.5 cm³/mol. The molecular weight excluding hydrogens is 246 g/mol. The number of nitrogens with zero attached hydrogens (tertiary/aromatic N) is 1. The van der Waals surface area contributed by atoms with Gasteiger partial charge in [0, 0.05) is 13.1 Å². The van der Waals surface area contributed by atoms with Crippen molar-refractivity contribution in [1.29, 1.82) is 0 Å². The van der Waals surface area contributed by atoms with Crippen LogP contribution in [0.25, 0.3) is 0 Å². The van der Waals surface area contributed by atoms with Gasteiger partial charge in [0.2, 0.25) is 0 Å². The van der Waals surface area contributed by atoms with Crippen LogP contribution in [0.1, 0.15) is 5.56 Å². The van der Waals surface area contributed by atoms with Gasteiger partial charge in [-0.05, 0) is 18.6 Å². The molecule has 5 heteroatoms. The Morgan fingerprint density at radius 1 is 1.53 bits per heavy atom. The molecule has 1 atom stereocenters. The van der Waals surface area contributed by atoms with Gasteiger partial charge in [0.1, 0.15) is 18.4 Å². The Kier molecular flexibility index (Phi) is 4.76. The summed E-state index contributed by atoms with van der Waals surface area (Å²) >= 11 is 0. The van der Waals surface area contributed by atoms with Crippen LogP contribution in [0, 0.1) is 6.92 Å². The number of ether oxygens (including phenoxy) is 2. The van der Waals surface area contributed by atoms with E-state index in [1.54, 1.807) is 0 Å². The smallest absolute Gasteiger partial charge is 0.323 e. The first-order valence-corrected chi connectivity index (χ1v) is 6.41. The lowest BCUT2D eigenvalue weighted by Gasteiger charge is -2.32. The Morgan fingerprint density at radius 2 is 2.32 bits per heavy atom. The summed E-state index contributed by atoms with van der Waals surface area (Å²) < 4.78 is 10.9. The van der Waals surface area contributed by atoms with Crippen LogP contribution in [0.15, 0.2) is 24.3 Å². The largest absolute Gasteiger partial charge is 0.492 e. The van der Waals surface area contributed by atoms with Gasteiger partial charge >= 0.3 is 5.97 Å². The SMILES string of the molecule is Cc1ccccc1OCCN1CCOCC1C(=O)O. The van der Waals surface area contributed by atoms with Gasteiger partial charge in [0.05, 0.1) is 13.2 Å². The van der Waals surface area contributed by atoms with Crippen LogP contribution in [-0.4, -0.2) is 54.9 Å². The summed E-state index contributed by atoms with van der Waals surface area (Å²) in [6, 6.07) is 7.24. The van der Waals surface area contributed by atoms with E-state index in [1.807, 2.05) is 36.1 Å². The molecule has 104 valence electrons. The zero-order valence-electron chi connectivity index (χ0n) is 11.0. The molecule has 0 aliphatic carbocycles. The van der Waals surface area contributed by atoms with Crippen LogP contribution in [0.4, 0.5) is 0 Å². The van der Waals surface area contributed by atoms with Crippen LogP contribution < -0.4 is 4.74 Å². The lowest BCUT2D eigenvalue weighted by atomic mass is 10.2. The fourth-order valence-corrected chi connectivity index (χ4v) is 2.12. The molecule has 0 radical (unpaired) electrons. The van der Waals surface area contributed by atoms with Crippen molar-refractivity contribution in [1.82, 2.24) is 4.90 Å². The molecule has 1 aliphatic rings. The number of carbonyl (C=O) groups is 1. The Labute approximate surface area is 112 Å². The summed E-state index contributed by atoms with van der Waals surface area (Å²) in [7, 11) is 0. The van der Waals surface area contributed by atoms with Gasteiger partial charge in [-0.2, -0.15) is 0 Å². The van der Waals surface area contributed by atoms with Crippen LogP contribution in [0.2, 0.25) is 0 Å². The van der Waals surface area contributed by atoms with Crippen molar-refractivity contribution in [3.63, 3.8) is 0 Å². The van der Waals surface area contributed by atoms with Gasteiger partial charge < -0.3 is 14.6 Å². The second-order valence-corrected chi connectivity index (χ2v) is 4.58. The van der Waals surface area contributed by atoms with Gasteiger partial charge in [-0.1, -0.05) is 18.2 Å². The molecule has 1 heterocycles. The summed E-state index contributed by atoms with van der Waals surface area (Å²) in [5.74, 6) is 0.0122. The molecule has 1 fully saturated rings. The van der Waals surface area contributed by atoms with Crippen molar-refractivity contribution in [3.8, 4) is 5.75 Å². The van der Waals surface area contributed by atoms with Gasteiger partial charge in [-0.3, -0.25) is 9.69 Å². The number of rotatable bonds is 5. The number of hydrogen-bond donors (Lipinski definition) is 1. The molecule has 0 aromatic heterocycles. The average molecular weight is 265 g/mol. The molecule has 5 nitrogen and oxygen atoms in total. The lowest BCUT2D eigenvalue weighted by Crippen LogP contribution is -2.51. The van der Waals surface area contributed by atoms with Gasteiger partial charge in [0.15, 0.2) is 0 Å². The molecule has 1 unspecified atom stereocenters. The molecule has 19 heavy (non-hydrogen) atoms. The maximum atomic E-state index is 11.1. The quantitative estimate of drug-likeness (QED) is 0.865. The fourth-order valence-electron chi connectivity index (χ4n) is 2.12. The number of carboxylic acid groups (broad SMARTS) is 1. The van der Waals surface area contributed by atoms with Gasteiger partial charge in [-0.15, -0.1) is 0 Å². The number of carboxylic acids is 1. The molecule has 0 amide bonds. The van der Waals surface area contributed by atoms with Crippen molar-refractivity contribution in [2.24, 2.45) is 0 Å². The molecule has 1 aliphatic heterocycles. The zero-order valence-corrected chi connectivity index (χ0v) is 11.0. The Morgan fingerprint density at radius 3 is 3.05 bits per heavy atom. The lowest BCUT2D eigenvalue weighted by molar-refractivity contribution is -0.149. The summed E-state index contributed by atoms with van der Waals surface area (Å²) in [5.41, 5.74) is 1.08. The third-order valence-electron chi connectivity index (χ3n) is 3.25. The minimum Gasteiger partial charge on any atom is -0.492 e. The van der Waals surface area contributed by atoms with E-state index in [4.69, 9.17) is 14.6 Å². The van der Waals surface area contributed by atoms with Crippen LogP contribution >= 0.6 is 0 Å². The number of para-hydroxylation sites is 1. The van der Waals surface area contributed by atoms with Crippen molar-refractivity contribution in [3.05, 3.63) is 29.8 Å². The normalized spacial score (nSPS) is 20.2. The van der Waals surface area contributed by atoms with E-state index in [0.717, 1.165) is 11.3 Å². The highest BCUT2D eigenvalue weighted by Crippen LogP contribution is 2.16. The highest BCUT2D eigenvalue weighted by Gasteiger charge is 2.28. The molecule has 0 bridgehead atoms. The maximum Gasteiger partial charge on any atom is 0.323 e. The average Bonchev–Trinajstić information content (AvgIpc) is 2.41. The third-order valence-corrected chi connectivity index (χ3v) is 3.25. The topological polar surface area (TPSA) is 59.0 Å². The third kappa shape index (κ3) is 3.68. The summed E-state index contributed by atoms with van der Waals surface area (Å²) in [6.45, 7) is 4.52. The van der Waals surface area contributed by atoms with Crippen molar-refractivity contribution in [2.75, 3.05) is 32.9 Å². The number of morpholine rings is 1. The van der Waals surface area contributed by atoms with Gasteiger partial charge in [0.25, 0.3) is 0 Å². The molecule has 0 spiro atoms. The van der Waals surface area contributed by atoms with E-state index < -0.39 is 12.0 Å². The van der Waals surface area contributed by atoms with E-state index in [2.05, 4.69) is 0 Å². The molecule has 0 saturated carbocycles. The van der Waals surface area contributed by atoms with Crippen LogP contribution in [0.3, 0.4) is 0 Å².